The summed E-state index contributed by atoms with van der Waals surface area (Å²) in [6, 6.07) is 35.9. The minimum Gasteiger partial charge on any atom is -0.465 e. The van der Waals surface area contributed by atoms with Crippen LogP contribution in [0.5, 0.6) is 11.5 Å². The number of aryl methyl sites for hydroxylation is 1. The molecular formula is C29H25NO2. The van der Waals surface area contributed by atoms with Crippen molar-refractivity contribution in [2.24, 2.45) is 4.99 Å². The summed E-state index contributed by atoms with van der Waals surface area (Å²) in [6.07, 6.45) is 1.68. The lowest BCUT2D eigenvalue weighted by atomic mass is 10.1. The minimum atomic E-state index is 0.481. The lowest BCUT2D eigenvalue weighted by Gasteiger charge is -2.12. The fourth-order valence-electron chi connectivity index (χ4n) is 3.19. The molecule has 3 heteroatoms. The third kappa shape index (κ3) is 5.73. The highest BCUT2D eigenvalue weighted by Gasteiger charge is 2.09. The highest BCUT2D eigenvalue weighted by atomic mass is 16.5. The number of hydrogen-bond acceptors (Lipinski definition) is 3. The van der Waals surface area contributed by atoms with Crippen LogP contribution in [0.3, 0.4) is 0 Å². The molecule has 0 heterocycles. The largest absolute Gasteiger partial charge is 0.465 e. The molecule has 0 amide bonds. The Balaban J connectivity index is 1.63. The molecule has 4 aromatic rings. The molecule has 0 atom stereocenters. The lowest BCUT2D eigenvalue weighted by Crippen LogP contribution is -2.11. The summed E-state index contributed by atoms with van der Waals surface area (Å²) >= 11 is 0. The van der Waals surface area contributed by atoms with Crippen molar-refractivity contribution in [2.45, 2.75) is 13.8 Å². The van der Waals surface area contributed by atoms with Crippen LogP contribution < -0.4 is 9.47 Å². The molecule has 0 bridgehead atoms. The van der Waals surface area contributed by atoms with Gasteiger partial charge in [-0.1, -0.05) is 72.8 Å². The van der Waals surface area contributed by atoms with E-state index in [1.807, 2.05) is 105 Å². The molecule has 3 nitrogen and oxygen atoms in total. The SMILES string of the molecule is CC(=C\Oc1cccc(C)c1)/C(=N/c1ccccc1)Oc1cccc(-c2ccccc2)c1. The van der Waals surface area contributed by atoms with Gasteiger partial charge >= 0.3 is 0 Å². The second-order valence-corrected chi connectivity index (χ2v) is 7.48. The van der Waals surface area contributed by atoms with Gasteiger partial charge in [-0.25, -0.2) is 4.99 Å². The van der Waals surface area contributed by atoms with Crippen LogP contribution in [0.1, 0.15) is 12.5 Å². The molecule has 4 rings (SSSR count). The Morgan fingerprint density at radius 2 is 1.34 bits per heavy atom. The Bertz CT molecular complexity index is 1230. The average Bonchev–Trinajstić information content (AvgIpc) is 2.84. The first-order valence-corrected chi connectivity index (χ1v) is 10.5. The Kier molecular flexibility index (Phi) is 6.78. The van der Waals surface area contributed by atoms with Crippen LogP contribution in [-0.2, 0) is 0 Å². The molecule has 158 valence electrons. The van der Waals surface area contributed by atoms with Crippen LogP contribution in [0.15, 0.2) is 126 Å². The molecule has 4 aromatic carbocycles. The van der Waals surface area contributed by atoms with Crippen molar-refractivity contribution in [1.82, 2.24) is 0 Å². The molecule has 0 aliphatic rings. The van der Waals surface area contributed by atoms with Crippen molar-refractivity contribution in [2.75, 3.05) is 0 Å². The van der Waals surface area contributed by atoms with Crippen molar-refractivity contribution in [3.8, 4) is 22.6 Å². The van der Waals surface area contributed by atoms with E-state index >= 15 is 0 Å². The molecule has 0 saturated heterocycles. The molecule has 0 saturated carbocycles. The molecular weight excluding hydrogens is 394 g/mol. The summed E-state index contributed by atoms with van der Waals surface area (Å²) in [4.78, 5) is 4.73. The van der Waals surface area contributed by atoms with Gasteiger partial charge in [-0.3, -0.25) is 0 Å². The first kappa shape index (κ1) is 21.1. The molecule has 0 aromatic heterocycles. The van der Waals surface area contributed by atoms with Gasteiger partial charge in [0.25, 0.3) is 0 Å². The summed E-state index contributed by atoms with van der Waals surface area (Å²) in [7, 11) is 0. The normalized spacial score (nSPS) is 11.8. The van der Waals surface area contributed by atoms with Gasteiger partial charge in [-0.15, -0.1) is 0 Å². The predicted molar refractivity (Wildman–Crippen MR) is 132 cm³/mol. The van der Waals surface area contributed by atoms with Gasteiger partial charge in [0.1, 0.15) is 11.5 Å². The van der Waals surface area contributed by atoms with Gasteiger partial charge in [-0.05, 0) is 66.9 Å². The fourth-order valence-corrected chi connectivity index (χ4v) is 3.19. The van der Waals surface area contributed by atoms with E-state index in [9.17, 15) is 0 Å². The number of hydrogen-bond donors (Lipinski definition) is 0. The van der Waals surface area contributed by atoms with E-state index in [1.165, 1.54) is 0 Å². The van der Waals surface area contributed by atoms with Crippen LogP contribution in [0.2, 0.25) is 0 Å². The lowest BCUT2D eigenvalue weighted by molar-refractivity contribution is 0.473. The van der Waals surface area contributed by atoms with E-state index in [-0.39, 0.29) is 0 Å². The van der Waals surface area contributed by atoms with Crippen LogP contribution in [0, 0.1) is 6.92 Å². The Hall–Kier alpha value is -4.11. The highest BCUT2D eigenvalue weighted by Crippen LogP contribution is 2.25. The molecule has 0 radical (unpaired) electrons. The first-order valence-electron chi connectivity index (χ1n) is 10.5. The smallest absolute Gasteiger partial charge is 0.225 e. The number of benzene rings is 4. The molecule has 0 unspecified atom stereocenters. The van der Waals surface area contributed by atoms with Gasteiger partial charge < -0.3 is 9.47 Å². The van der Waals surface area contributed by atoms with E-state index in [2.05, 4.69) is 18.2 Å². The van der Waals surface area contributed by atoms with E-state index in [1.54, 1.807) is 6.26 Å². The van der Waals surface area contributed by atoms with Crippen LogP contribution in [0.25, 0.3) is 11.1 Å². The average molecular weight is 420 g/mol. The number of ether oxygens (including phenoxy) is 2. The summed E-state index contributed by atoms with van der Waals surface area (Å²) in [5.41, 5.74) is 4.94. The monoisotopic (exact) mass is 419 g/mol. The standard InChI is InChI=1S/C29H25NO2/c1-22-11-9-17-27(19-22)31-21-23(2)29(30-26-15-7-4-8-16-26)32-28-18-10-14-25(20-28)24-12-5-3-6-13-24/h3-21H,1-2H3/b23-21+,30-29-. The molecule has 32 heavy (non-hydrogen) atoms. The van der Waals surface area contributed by atoms with Crippen LogP contribution in [0.4, 0.5) is 5.69 Å². The van der Waals surface area contributed by atoms with E-state index in [0.29, 0.717) is 11.6 Å². The van der Waals surface area contributed by atoms with Crippen LogP contribution in [-0.4, -0.2) is 5.90 Å². The van der Waals surface area contributed by atoms with E-state index < -0.39 is 0 Å². The van der Waals surface area contributed by atoms with E-state index in [0.717, 1.165) is 33.7 Å². The van der Waals surface area contributed by atoms with Crippen molar-refractivity contribution in [1.29, 1.82) is 0 Å². The number of para-hydroxylation sites is 1. The van der Waals surface area contributed by atoms with Gasteiger partial charge in [0, 0.05) is 5.57 Å². The molecule has 0 spiro atoms. The number of aliphatic imine (C=N–C) groups is 1. The molecule has 0 N–H and O–H groups in total. The Morgan fingerprint density at radius 1 is 0.688 bits per heavy atom. The second kappa shape index (κ2) is 10.3. The highest BCUT2D eigenvalue weighted by molar-refractivity contribution is 5.96. The molecule has 0 aliphatic heterocycles. The zero-order valence-corrected chi connectivity index (χ0v) is 18.2. The second-order valence-electron chi connectivity index (χ2n) is 7.48. The van der Waals surface area contributed by atoms with Gasteiger partial charge in [-0.2, -0.15) is 0 Å². The number of nitrogens with zero attached hydrogens (tertiary/aromatic N) is 1. The maximum absolute atomic E-state index is 6.26. The maximum Gasteiger partial charge on any atom is 0.225 e. The van der Waals surface area contributed by atoms with Crippen molar-refractivity contribution in [3.63, 3.8) is 0 Å². The van der Waals surface area contributed by atoms with Gasteiger partial charge in [0.15, 0.2) is 0 Å². The topological polar surface area (TPSA) is 30.8 Å². The minimum absolute atomic E-state index is 0.481. The van der Waals surface area contributed by atoms with Crippen molar-refractivity contribution < 1.29 is 9.47 Å². The predicted octanol–water partition coefficient (Wildman–Crippen LogP) is 7.75. The Labute approximate surface area is 189 Å². The zero-order valence-electron chi connectivity index (χ0n) is 18.2. The summed E-state index contributed by atoms with van der Waals surface area (Å²) in [6.45, 7) is 3.97. The summed E-state index contributed by atoms with van der Waals surface area (Å²) in [5.74, 6) is 1.97. The maximum atomic E-state index is 6.26. The molecule has 0 aliphatic carbocycles. The Morgan fingerprint density at radius 3 is 2.09 bits per heavy atom. The zero-order chi connectivity index (χ0) is 22.2. The van der Waals surface area contributed by atoms with Gasteiger partial charge in [0.2, 0.25) is 5.90 Å². The molecule has 0 fully saturated rings. The quantitative estimate of drug-likeness (QED) is 0.182. The van der Waals surface area contributed by atoms with Gasteiger partial charge in [0.05, 0.1) is 11.9 Å². The summed E-state index contributed by atoms with van der Waals surface area (Å²) in [5, 5.41) is 0. The fraction of sp³-hybridized carbons (Fsp3) is 0.0690. The number of rotatable bonds is 6. The van der Waals surface area contributed by atoms with Crippen LogP contribution >= 0.6 is 0 Å². The first-order chi connectivity index (χ1) is 15.7. The summed E-state index contributed by atoms with van der Waals surface area (Å²) < 4.78 is 12.1. The van der Waals surface area contributed by atoms with Crippen molar-refractivity contribution in [3.05, 3.63) is 127 Å². The third-order valence-electron chi connectivity index (χ3n) is 4.84. The van der Waals surface area contributed by atoms with Crippen molar-refractivity contribution >= 4 is 11.6 Å². The van der Waals surface area contributed by atoms with E-state index in [4.69, 9.17) is 14.5 Å². The third-order valence-corrected chi connectivity index (χ3v) is 4.84.